The van der Waals surface area contributed by atoms with Gasteiger partial charge in [0.25, 0.3) is 0 Å². The maximum absolute atomic E-state index is 9.05. The van der Waals surface area contributed by atoms with Crippen LogP contribution in [0.4, 0.5) is 0 Å². The first-order chi connectivity index (χ1) is 7.71. The Morgan fingerprint density at radius 2 is 2.00 bits per heavy atom. The molecule has 1 unspecified atom stereocenters. The Labute approximate surface area is 97.0 Å². The molecule has 0 amide bonds. The number of aliphatic hydroxyl groups is 1. The van der Waals surface area contributed by atoms with Crippen LogP contribution in [-0.2, 0) is 6.61 Å². The molecule has 0 aromatic heterocycles. The lowest BCUT2D eigenvalue weighted by Gasteiger charge is -2.16. The monoisotopic (exact) mass is 224 g/mol. The number of ether oxygens (including phenoxy) is 2. The highest BCUT2D eigenvalue weighted by Crippen LogP contribution is 2.29. The highest BCUT2D eigenvalue weighted by atomic mass is 16.5. The Kier molecular flexibility index (Phi) is 5.12. The van der Waals surface area contributed by atoms with Gasteiger partial charge in [0.1, 0.15) is 0 Å². The van der Waals surface area contributed by atoms with Gasteiger partial charge in [-0.2, -0.15) is 0 Å². The van der Waals surface area contributed by atoms with E-state index in [9.17, 15) is 0 Å². The van der Waals surface area contributed by atoms with Crippen molar-refractivity contribution < 1.29 is 14.6 Å². The van der Waals surface area contributed by atoms with Gasteiger partial charge in [-0.1, -0.05) is 13.0 Å². The lowest BCUT2D eigenvalue weighted by molar-refractivity contribution is 0.202. The van der Waals surface area contributed by atoms with Gasteiger partial charge >= 0.3 is 0 Å². The third-order valence-corrected chi connectivity index (χ3v) is 2.39. The zero-order valence-corrected chi connectivity index (χ0v) is 10.2. The van der Waals surface area contributed by atoms with Gasteiger partial charge in [-0.05, 0) is 38.0 Å². The molecule has 0 spiro atoms. The summed E-state index contributed by atoms with van der Waals surface area (Å²) in [6.07, 6.45) is 1.12. The van der Waals surface area contributed by atoms with Crippen LogP contribution >= 0.6 is 0 Å². The van der Waals surface area contributed by atoms with Crippen molar-refractivity contribution in [2.45, 2.75) is 39.9 Å². The Bertz CT molecular complexity index is 323. The van der Waals surface area contributed by atoms with Crippen LogP contribution in [0.1, 0.15) is 32.8 Å². The first-order valence-corrected chi connectivity index (χ1v) is 5.74. The SMILES string of the molecule is CCOc1cc(CO)ccc1OC(C)CC. The summed E-state index contributed by atoms with van der Waals surface area (Å²) >= 11 is 0. The van der Waals surface area contributed by atoms with Gasteiger partial charge in [-0.15, -0.1) is 0 Å². The summed E-state index contributed by atoms with van der Waals surface area (Å²) in [4.78, 5) is 0. The molecule has 1 N–H and O–H groups in total. The molecule has 0 aliphatic heterocycles. The largest absolute Gasteiger partial charge is 0.490 e. The average Bonchev–Trinajstić information content (AvgIpc) is 2.31. The fourth-order valence-corrected chi connectivity index (χ4v) is 1.32. The Morgan fingerprint density at radius 1 is 1.25 bits per heavy atom. The molecule has 3 heteroatoms. The zero-order chi connectivity index (χ0) is 12.0. The Morgan fingerprint density at radius 3 is 2.56 bits per heavy atom. The second-order valence-corrected chi connectivity index (χ2v) is 3.71. The van der Waals surface area contributed by atoms with E-state index in [1.165, 1.54) is 0 Å². The van der Waals surface area contributed by atoms with E-state index in [0.29, 0.717) is 12.4 Å². The van der Waals surface area contributed by atoms with Crippen LogP contribution < -0.4 is 9.47 Å². The van der Waals surface area contributed by atoms with E-state index in [-0.39, 0.29) is 12.7 Å². The molecule has 0 radical (unpaired) electrons. The summed E-state index contributed by atoms with van der Waals surface area (Å²) in [6.45, 7) is 6.64. The van der Waals surface area contributed by atoms with E-state index in [0.717, 1.165) is 17.7 Å². The van der Waals surface area contributed by atoms with Gasteiger partial charge in [-0.3, -0.25) is 0 Å². The van der Waals surface area contributed by atoms with Crippen molar-refractivity contribution in [3.63, 3.8) is 0 Å². The predicted molar refractivity (Wildman–Crippen MR) is 63.9 cm³/mol. The van der Waals surface area contributed by atoms with Gasteiger partial charge in [0.15, 0.2) is 11.5 Å². The van der Waals surface area contributed by atoms with E-state index >= 15 is 0 Å². The minimum absolute atomic E-state index is 0.0175. The van der Waals surface area contributed by atoms with Crippen molar-refractivity contribution in [1.29, 1.82) is 0 Å². The fourth-order valence-electron chi connectivity index (χ4n) is 1.32. The summed E-state index contributed by atoms with van der Waals surface area (Å²) in [7, 11) is 0. The second kappa shape index (κ2) is 6.38. The fraction of sp³-hybridized carbons (Fsp3) is 0.538. The molecule has 0 fully saturated rings. The summed E-state index contributed by atoms with van der Waals surface area (Å²) in [5.41, 5.74) is 0.833. The third-order valence-electron chi connectivity index (χ3n) is 2.39. The van der Waals surface area contributed by atoms with Crippen LogP contribution in [0.5, 0.6) is 11.5 Å². The molecule has 90 valence electrons. The van der Waals surface area contributed by atoms with Gasteiger partial charge in [0.05, 0.1) is 19.3 Å². The van der Waals surface area contributed by atoms with Crippen molar-refractivity contribution in [2.75, 3.05) is 6.61 Å². The molecule has 16 heavy (non-hydrogen) atoms. The van der Waals surface area contributed by atoms with Crippen molar-refractivity contribution in [3.05, 3.63) is 23.8 Å². The van der Waals surface area contributed by atoms with Crippen LogP contribution in [0.15, 0.2) is 18.2 Å². The van der Waals surface area contributed by atoms with Crippen LogP contribution in [0, 0.1) is 0 Å². The van der Waals surface area contributed by atoms with Crippen LogP contribution in [0.2, 0.25) is 0 Å². The molecular formula is C13H20O3. The predicted octanol–water partition coefficient (Wildman–Crippen LogP) is 2.75. The number of aliphatic hydroxyl groups excluding tert-OH is 1. The summed E-state index contributed by atoms with van der Waals surface area (Å²) < 4.78 is 11.2. The van der Waals surface area contributed by atoms with E-state index in [4.69, 9.17) is 14.6 Å². The normalized spacial score (nSPS) is 12.2. The van der Waals surface area contributed by atoms with Gasteiger partial charge < -0.3 is 14.6 Å². The highest BCUT2D eigenvalue weighted by molar-refractivity contribution is 5.43. The summed E-state index contributed by atoms with van der Waals surface area (Å²) in [5, 5.41) is 9.05. The molecule has 0 aliphatic rings. The number of hydrogen-bond acceptors (Lipinski definition) is 3. The third kappa shape index (κ3) is 3.42. The lowest BCUT2D eigenvalue weighted by Crippen LogP contribution is -2.11. The minimum Gasteiger partial charge on any atom is -0.490 e. The molecular weight excluding hydrogens is 204 g/mol. The molecule has 0 heterocycles. The van der Waals surface area contributed by atoms with E-state index in [1.54, 1.807) is 0 Å². The smallest absolute Gasteiger partial charge is 0.161 e. The quantitative estimate of drug-likeness (QED) is 0.807. The molecule has 0 saturated carbocycles. The van der Waals surface area contributed by atoms with E-state index in [2.05, 4.69) is 6.92 Å². The van der Waals surface area contributed by atoms with Crippen molar-refractivity contribution in [2.24, 2.45) is 0 Å². The van der Waals surface area contributed by atoms with Gasteiger partial charge in [-0.25, -0.2) is 0 Å². The molecule has 1 aromatic carbocycles. The number of hydrogen-bond donors (Lipinski definition) is 1. The minimum atomic E-state index is 0.0175. The van der Waals surface area contributed by atoms with Gasteiger partial charge in [0, 0.05) is 0 Å². The molecule has 0 bridgehead atoms. The number of rotatable bonds is 6. The molecule has 3 nitrogen and oxygen atoms in total. The molecule has 0 aliphatic carbocycles. The summed E-state index contributed by atoms with van der Waals surface area (Å²) in [6, 6.07) is 5.52. The Hall–Kier alpha value is -1.22. The second-order valence-electron chi connectivity index (χ2n) is 3.71. The lowest BCUT2D eigenvalue weighted by atomic mass is 10.2. The average molecular weight is 224 g/mol. The van der Waals surface area contributed by atoms with Crippen molar-refractivity contribution >= 4 is 0 Å². The standard InChI is InChI=1S/C13H20O3/c1-4-10(3)16-12-7-6-11(9-14)8-13(12)15-5-2/h6-8,10,14H,4-5,9H2,1-3H3. The topological polar surface area (TPSA) is 38.7 Å². The molecule has 1 aromatic rings. The summed E-state index contributed by atoms with van der Waals surface area (Å²) in [5.74, 6) is 1.45. The van der Waals surface area contributed by atoms with Gasteiger partial charge in [0.2, 0.25) is 0 Å². The highest BCUT2D eigenvalue weighted by Gasteiger charge is 2.08. The molecule has 0 saturated heterocycles. The zero-order valence-electron chi connectivity index (χ0n) is 10.2. The number of benzene rings is 1. The van der Waals surface area contributed by atoms with E-state index < -0.39 is 0 Å². The van der Waals surface area contributed by atoms with Crippen molar-refractivity contribution in [1.82, 2.24) is 0 Å². The van der Waals surface area contributed by atoms with E-state index in [1.807, 2.05) is 32.0 Å². The van der Waals surface area contributed by atoms with Crippen LogP contribution in [-0.4, -0.2) is 17.8 Å². The first kappa shape index (κ1) is 12.8. The molecule has 1 rings (SSSR count). The van der Waals surface area contributed by atoms with Crippen molar-refractivity contribution in [3.8, 4) is 11.5 Å². The molecule has 1 atom stereocenters. The Balaban J connectivity index is 2.88. The maximum atomic E-state index is 9.05. The first-order valence-electron chi connectivity index (χ1n) is 5.74. The van der Waals surface area contributed by atoms with Crippen LogP contribution in [0.25, 0.3) is 0 Å². The maximum Gasteiger partial charge on any atom is 0.161 e. The van der Waals surface area contributed by atoms with Crippen LogP contribution in [0.3, 0.4) is 0 Å².